The van der Waals surface area contributed by atoms with Gasteiger partial charge in [-0.05, 0) is 34.7 Å². The Morgan fingerprint density at radius 2 is 2.00 bits per heavy atom. The summed E-state index contributed by atoms with van der Waals surface area (Å²) in [6.07, 6.45) is 1.81. The third-order valence-corrected chi connectivity index (χ3v) is 3.54. The number of aliphatic hydroxyl groups is 1. The molecule has 0 saturated heterocycles. The molecule has 3 nitrogen and oxygen atoms in total. The summed E-state index contributed by atoms with van der Waals surface area (Å²) in [5.41, 5.74) is 2.17. The molecule has 2 aromatic rings. The summed E-state index contributed by atoms with van der Waals surface area (Å²) in [6.45, 7) is 0.621. The van der Waals surface area contributed by atoms with Crippen molar-refractivity contribution in [2.45, 2.75) is 6.54 Å². The Hall–Kier alpha value is -0.400. The normalized spacial score (nSPS) is 10.7. The maximum Gasteiger partial charge on any atom is 0.0816 e. The van der Waals surface area contributed by atoms with Crippen LogP contribution in [-0.2, 0) is 6.54 Å². The molecule has 0 unspecified atom stereocenters. The Labute approximate surface area is 116 Å². The predicted molar refractivity (Wildman–Crippen MR) is 75.2 cm³/mol. The predicted octanol–water partition coefficient (Wildman–Crippen LogP) is 2.91. The van der Waals surface area contributed by atoms with E-state index in [0.29, 0.717) is 6.54 Å². The number of benzene rings is 1. The molecule has 16 heavy (non-hydrogen) atoms. The van der Waals surface area contributed by atoms with Crippen molar-refractivity contribution in [3.05, 3.63) is 38.5 Å². The Kier molecular flexibility index (Phi) is 3.99. The van der Waals surface area contributed by atoms with Gasteiger partial charge in [-0.2, -0.15) is 5.10 Å². The van der Waals surface area contributed by atoms with Crippen LogP contribution in [0.3, 0.4) is 0 Å². The topological polar surface area (TPSA) is 38.0 Å². The van der Waals surface area contributed by atoms with E-state index in [1.54, 1.807) is 0 Å². The van der Waals surface area contributed by atoms with E-state index in [4.69, 9.17) is 5.11 Å². The van der Waals surface area contributed by atoms with Crippen LogP contribution in [0.15, 0.2) is 34.9 Å². The van der Waals surface area contributed by atoms with Crippen molar-refractivity contribution in [2.75, 3.05) is 6.61 Å². The lowest BCUT2D eigenvalue weighted by atomic mass is 10.1. The van der Waals surface area contributed by atoms with Crippen LogP contribution in [0, 0.1) is 3.57 Å². The summed E-state index contributed by atoms with van der Waals surface area (Å²) < 4.78 is 3.97. The van der Waals surface area contributed by atoms with Crippen LogP contribution in [-0.4, -0.2) is 21.5 Å². The average molecular weight is 393 g/mol. The molecule has 84 valence electrons. The lowest BCUT2D eigenvalue weighted by Crippen LogP contribution is -2.05. The maximum absolute atomic E-state index is 8.97. The van der Waals surface area contributed by atoms with Gasteiger partial charge in [0.1, 0.15) is 0 Å². The molecule has 0 bridgehead atoms. The molecule has 0 aliphatic rings. The molecule has 1 heterocycles. The summed E-state index contributed by atoms with van der Waals surface area (Å²) in [5.74, 6) is 0. The number of rotatable bonds is 3. The largest absolute Gasteiger partial charge is 0.394 e. The molecule has 0 aliphatic heterocycles. The number of aliphatic hydroxyl groups excluding tert-OH is 1. The zero-order valence-electron chi connectivity index (χ0n) is 8.40. The van der Waals surface area contributed by atoms with Crippen molar-refractivity contribution < 1.29 is 5.11 Å². The third kappa shape index (κ3) is 2.46. The van der Waals surface area contributed by atoms with E-state index in [1.807, 2.05) is 35.1 Å². The molecule has 1 N–H and O–H groups in total. The van der Waals surface area contributed by atoms with Crippen LogP contribution in [0.2, 0.25) is 0 Å². The smallest absolute Gasteiger partial charge is 0.0816 e. The molecule has 0 saturated carbocycles. The van der Waals surface area contributed by atoms with Crippen LogP contribution in [0.5, 0.6) is 0 Å². The highest BCUT2D eigenvalue weighted by atomic mass is 127. The van der Waals surface area contributed by atoms with Crippen molar-refractivity contribution in [3.63, 3.8) is 0 Å². The van der Waals surface area contributed by atoms with Gasteiger partial charge in [0, 0.05) is 10.0 Å². The van der Waals surface area contributed by atoms with Gasteiger partial charge in [0.05, 0.1) is 28.6 Å². The van der Waals surface area contributed by atoms with Crippen LogP contribution in [0.4, 0.5) is 0 Å². The lowest BCUT2D eigenvalue weighted by Gasteiger charge is -2.06. The first-order chi connectivity index (χ1) is 7.72. The van der Waals surface area contributed by atoms with E-state index in [0.717, 1.165) is 19.3 Å². The summed E-state index contributed by atoms with van der Waals surface area (Å²) in [5, 5.41) is 13.2. The van der Waals surface area contributed by atoms with Gasteiger partial charge < -0.3 is 5.11 Å². The van der Waals surface area contributed by atoms with E-state index >= 15 is 0 Å². The first-order valence-corrected chi connectivity index (χ1v) is 6.67. The number of nitrogens with zero attached hydrogens (tertiary/aromatic N) is 2. The van der Waals surface area contributed by atoms with Gasteiger partial charge in [-0.1, -0.05) is 28.1 Å². The molecule has 0 fully saturated rings. The molecule has 5 heteroatoms. The summed E-state index contributed by atoms with van der Waals surface area (Å²) >= 11 is 5.67. The standard InChI is InChI=1S/C11H10BrIN2O/c12-9-3-1-8(2-4-9)11-10(13)7-14-15(11)5-6-16/h1-4,7,16H,5-6H2. The fraction of sp³-hybridized carbons (Fsp3) is 0.182. The minimum absolute atomic E-state index is 0.0985. The van der Waals surface area contributed by atoms with Gasteiger partial charge in [0.2, 0.25) is 0 Å². The molecule has 0 atom stereocenters. The molecule has 0 aliphatic carbocycles. The fourth-order valence-electron chi connectivity index (χ4n) is 1.52. The zero-order valence-corrected chi connectivity index (χ0v) is 12.1. The summed E-state index contributed by atoms with van der Waals surface area (Å²) in [7, 11) is 0. The van der Waals surface area contributed by atoms with Crippen molar-refractivity contribution in [2.24, 2.45) is 0 Å². The monoisotopic (exact) mass is 392 g/mol. The van der Waals surface area contributed by atoms with E-state index in [-0.39, 0.29) is 6.61 Å². The second kappa shape index (κ2) is 5.29. The summed E-state index contributed by atoms with van der Waals surface area (Å²) in [4.78, 5) is 0. The van der Waals surface area contributed by atoms with Crippen molar-refractivity contribution in [1.29, 1.82) is 0 Å². The van der Waals surface area contributed by atoms with Crippen LogP contribution in [0.1, 0.15) is 0 Å². The van der Waals surface area contributed by atoms with E-state index in [1.165, 1.54) is 0 Å². The highest BCUT2D eigenvalue weighted by Gasteiger charge is 2.10. The first kappa shape index (κ1) is 12.1. The molecule has 0 spiro atoms. The van der Waals surface area contributed by atoms with E-state index < -0.39 is 0 Å². The minimum Gasteiger partial charge on any atom is -0.394 e. The molecule has 0 radical (unpaired) electrons. The molecule has 1 aromatic carbocycles. The van der Waals surface area contributed by atoms with Gasteiger partial charge >= 0.3 is 0 Å². The fourth-order valence-corrected chi connectivity index (χ4v) is 2.50. The second-order valence-corrected chi connectivity index (χ2v) is 5.37. The molecular weight excluding hydrogens is 383 g/mol. The number of hydrogen-bond donors (Lipinski definition) is 1. The number of halogens is 2. The van der Waals surface area contributed by atoms with Gasteiger partial charge in [-0.25, -0.2) is 0 Å². The SMILES string of the molecule is OCCn1ncc(I)c1-c1ccc(Br)cc1. The Balaban J connectivity index is 2.45. The van der Waals surface area contributed by atoms with Crippen LogP contribution >= 0.6 is 38.5 Å². The van der Waals surface area contributed by atoms with Gasteiger partial charge in [0.15, 0.2) is 0 Å². The van der Waals surface area contributed by atoms with Crippen LogP contribution < -0.4 is 0 Å². The van der Waals surface area contributed by atoms with E-state index in [2.05, 4.69) is 43.6 Å². The van der Waals surface area contributed by atoms with Crippen molar-refractivity contribution >= 4 is 38.5 Å². The zero-order chi connectivity index (χ0) is 11.5. The quantitative estimate of drug-likeness (QED) is 0.815. The number of hydrogen-bond acceptors (Lipinski definition) is 2. The second-order valence-electron chi connectivity index (χ2n) is 3.29. The van der Waals surface area contributed by atoms with Crippen LogP contribution in [0.25, 0.3) is 11.3 Å². The van der Waals surface area contributed by atoms with Gasteiger partial charge in [-0.3, -0.25) is 4.68 Å². The molecule has 0 amide bonds. The summed E-state index contributed by atoms with van der Waals surface area (Å²) in [6, 6.07) is 8.08. The Bertz CT molecular complexity index is 481. The maximum atomic E-state index is 8.97. The molecule has 1 aromatic heterocycles. The highest BCUT2D eigenvalue weighted by Crippen LogP contribution is 2.26. The lowest BCUT2D eigenvalue weighted by molar-refractivity contribution is 0.270. The van der Waals surface area contributed by atoms with Gasteiger partial charge in [-0.15, -0.1) is 0 Å². The third-order valence-electron chi connectivity index (χ3n) is 2.22. The van der Waals surface area contributed by atoms with E-state index in [9.17, 15) is 0 Å². The highest BCUT2D eigenvalue weighted by molar-refractivity contribution is 14.1. The van der Waals surface area contributed by atoms with Crippen molar-refractivity contribution in [1.82, 2.24) is 9.78 Å². The Morgan fingerprint density at radius 1 is 1.31 bits per heavy atom. The van der Waals surface area contributed by atoms with Gasteiger partial charge in [0.25, 0.3) is 0 Å². The van der Waals surface area contributed by atoms with Crippen molar-refractivity contribution in [3.8, 4) is 11.3 Å². The molecular formula is C11H10BrIN2O. The Morgan fingerprint density at radius 3 is 2.62 bits per heavy atom. The first-order valence-electron chi connectivity index (χ1n) is 4.80. The number of aromatic nitrogens is 2. The minimum atomic E-state index is 0.0985. The average Bonchev–Trinajstić information content (AvgIpc) is 2.62. The molecule has 2 rings (SSSR count).